The molecular weight excluding hydrogens is 217 g/mol. The molecule has 0 bridgehead atoms. The highest BCUT2D eigenvalue weighted by Gasteiger charge is 2.24. The first kappa shape index (κ1) is 12.4. The summed E-state index contributed by atoms with van der Waals surface area (Å²) in [5, 5.41) is 12.6. The maximum atomic E-state index is 13.1. The molecule has 1 aliphatic carbocycles. The van der Waals surface area contributed by atoms with Gasteiger partial charge >= 0.3 is 0 Å². The van der Waals surface area contributed by atoms with E-state index in [0.29, 0.717) is 12.6 Å². The van der Waals surface area contributed by atoms with Crippen LogP contribution in [0.4, 0.5) is 4.39 Å². The first-order chi connectivity index (χ1) is 8.19. The molecule has 0 heterocycles. The summed E-state index contributed by atoms with van der Waals surface area (Å²) >= 11 is 0. The third kappa shape index (κ3) is 3.70. The molecule has 1 fully saturated rings. The summed E-state index contributed by atoms with van der Waals surface area (Å²) in [5.41, 5.74) is 0.884. The zero-order chi connectivity index (χ0) is 12.3. The minimum absolute atomic E-state index is 0.279. The number of benzene rings is 1. The average Bonchev–Trinajstić information content (AvgIpc) is 3.12. The molecule has 0 aliphatic heterocycles. The summed E-state index contributed by atoms with van der Waals surface area (Å²) in [6.45, 7) is 2.85. The van der Waals surface area contributed by atoms with Gasteiger partial charge in [0, 0.05) is 12.6 Å². The second-order valence-electron chi connectivity index (χ2n) is 4.95. The molecule has 2 nitrogen and oxygen atoms in total. The Bertz CT molecular complexity index is 376. The smallest absolute Gasteiger partial charge is 0.165 e. The summed E-state index contributed by atoms with van der Waals surface area (Å²) in [7, 11) is 0. The van der Waals surface area contributed by atoms with E-state index < -0.39 is 5.82 Å². The van der Waals surface area contributed by atoms with E-state index in [-0.39, 0.29) is 5.75 Å². The SMILES string of the molecule is CCC(CC1CC1)NCc1ccc(O)c(F)c1. The Labute approximate surface area is 102 Å². The van der Waals surface area contributed by atoms with E-state index >= 15 is 0 Å². The Balaban J connectivity index is 1.84. The van der Waals surface area contributed by atoms with E-state index in [4.69, 9.17) is 5.11 Å². The van der Waals surface area contributed by atoms with Crippen molar-refractivity contribution in [2.45, 2.75) is 45.2 Å². The standard InChI is InChI=1S/C14H20FNO/c1-2-12(7-10-3-4-10)16-9-11-5-6-14(17)13(15)8-11/h5-6,8,10,12,16-17H,2-4,7,9H2,1H3. The average molecular weight is 237 g/mol. The normalized spacial score (nSPS) is 17.1. The zero-order valence-electron chi connectivity index (χ0n) is 10.2. The van der Waals surface area contributed by atoms with Gasteiger partial charge in [-0.05, 0) is 36.5 Å². The fraction of sp³-hybridized carbons (Fsp3) is 0.571. The first-order valence-corrected chi connectivity index (χ1v) is 6.39. The van der Waals surface area contributed by atoms with Crippen molar-refractivity contribution in [1.29, 1.82) is 0 Å². The molecule has 3 heteroatoms. The lowest BCUT2D eigenvalue weighted by molar-refractivity contribution is 0.428. The number of nitrogens with one attached hydrogen (secondary N) is 1. The van der Waals surface area contributed by atoms with Crippen molar-refractivity contribution in [1.82, 2.24) is 5.32 Å². The second-order valence-corrected chi connectivity index (χ2v) is 4.95. The minimum atomic E-state index is -0.542. The number of phenols is 1. The molecule has 0 saturated heterocycles. The lowest BCUT2D eigenvalue weighted by Crippen LogP contribution is -2.28. The van der Waals surface area contributed by atoms with E-state index in [1.807, 2.05) is 0 Å². The molecule has 94 valence electrons. The lowest BCUT2D eigenvalue weighted by Gasteiger charge is -2.16. The molecule has 0 amide bonds. The third-order valence-electron chi connectivity index (χ3n) is 3.41. The van der Waals surface area contributed by atoms with E-state index in [1.165, 1.54) is 31.4 Å². The van der Waals surface area contributed by atoms with Crippen LogP contribution in [0.15, 0.2) is 18.2 Å². The molecule has 1 atom stereocenters. The Hall–Kier alpha value is -1.09. The van der Waals surface area contributed by atoms with Gasteiger partial charge in [0.2, 0.25) is 0 Å². The quantitative estimate of drug-likeness (QED) is 0.796. The maximum Gasteiger partial charge on any atom is 0.165 e. The van der Waals surface area contributed by atoms with Crippen molar-refractivity contribution in [3.05, 3.63) is 29.6 Å². The largest absolute Gasteiger partial charge is 0.505 e. The van der Waals surface area contributed by atoms with E-state index in [1.54, 1.807) is 6.07 Å². The van der Waals surface area contributed by atoms with Crippen LogP contribution < -0.4 is 5.32 Å². The van der Waals surface area contributed by atoms with E-state index in [9.17, 15) is 4.39 Å². The van der Waals surface area contributed by atoms with Crippen molar-refractivity contribution >= 4 is 0 Å². The molecule has 1 saturated carbocycles. The Morgan fingerprint density at radius 1 is 1.47 bits per heavy atom. The topological polar surface area (TPSA) is 32.3 Å². The predicted octanol–water partition coefficient (Wildman–Crippen LogP) is 3.20. The predicted molar refractivity (Wildman–Crippen MR) is 66.3 cm³/mol. The highest BCUT2D eigenvalue weighted by atomic mass is 19.1. The van der Waals surface area contributed by atoms with Gasteiger partial charge in [0.15, 0.2) is 11.6 Å². The fourth-order valence-corrected chi connectivity index (χ4v) is 2.07. The van der Waals surface area contributed by atoms with Gasteiger partial charge in [-0.3, -0.25) is 0 Å². The summed E-state index contributed by atoms with van der Waals surface area (Å²) in [6, 6.07) is 5.09. The molecule has 1 aromatic rings. The second kappa shape index (κ2) is 5.50. The van der Waals surface area contributed by atoms with Gasteiger partial charge < -0.3 is 10.4 Å². The highest BCUT2D eigenvalue weighted by molar-refractivity contribution is 5.27. The van der Waals surface area contributed by atoms with Crippen LogP contribution in [-0.2, 0) is 6.54 Å². The lowest BCUT2D eigenvalue weighted by atomic mass is 10.1. The van der Waals surface area contributed by atoms with Crippen LogP contribution in [0.3, 0.4) is 0 Å². The molecule has 2 N–H and O–H groups in total. The molecule has 0 aromatic heterocycles. The van der Waals surface area contributed by atoms with Crippen LogP contribution in [0.25, 0.3) is 0 Å². The number of hydrogen-bond donors (Lipinski definition) is 2. The molecule has 0 radical (unpaired) electrons. The summed E-state index contributed by atoms with van der Waals surface area (Å²) in [4.78, 5) is 0. The Morgan fingerprint density at radius 3 is 2.82 bits per heavy atom. The number of aromatic hydroxyl groups is 1. The molecule has 0 spiro atoms. The third-order valence-corrected chi connectivity index (χ3v) is 3.41. The Morgan fingerprint density at radius 2 is 2.24 bits per heavy atom. The van der Waals surface area contributed by atoms with Crippen LogP contribution in [-0.4, -0.2) is 11.1 Å². The van der Waals surface area contributed by atoms with Crippen LogP contribution in [0.5, 0.6) is 5.75 Å². The molecular formula is C14H20FNO. The van der Waals surface area contributed by atoms with Crippen molar-refractivity contribution in [3.63, 3.8) is 0 Å². The van der Waals surface area contributed by atoms with Gasteiger partial charge in [-0.15, -0.1) is 0 Å². The highest BCUT2D eigenvalue weighted by Crippen LogP contribution is 2.34. The fourth-order valence-electron chi connectivity index (χ4n) is 2.07. The Kier molecular flexibility index (Phi) is 4.00. The zero-order valence-corrected chi connectivity index (χ0v) is 10.2. The van der Waals surface area contributed by atoms with Gasteiger partial charge in [-0.25, -0.2) is 4.39 Å². The molecule has 1 aliphatic rings. The van der Waals surface area contributed by atoms with Gasteiger partial charge in [0.25, 0.3) is 0 Å². The summed E-state index contributed by atoms with van der Waals surface area (Å²) < 4.78 is 13.1. The molecule has 2 rings (SSSR count). The first-order valence-electron chi connectivity index (χ1n) is 6.39. The monoisotopic (exact) mass is 237 g/mol. The molecule has 1 aromatic carbocycles. The number of rotatable bonds is 6. The van der Waals surface area contributed by atoms with Crippen LogP contribution in [0.1, 0.15) is 38.2 Å². The number of halogens is 1. The summed E-state index contributed by atoms with van der Waals surface area (Å²) in [5.74, 6) is 0.0855. The van der Waals surface area contributed by atoms with Crippen LogP contribution in [0, 0.1) is 11.7 Å². The van der Waals surface area contributed by atoms with Gasteiger partial charge in [0.05, 0.1) is 0 Å². The van der Waals surface area contributed by atoms with Crippen molar-refractivity contribution < 1.29 is 9.50 Å². The maximum absolute atomic E-state index is 13.1. The molecule has 17 heavy (non-hydrogen) atoms. The van der Waals surface area contributed by atoms with Gasteiger partial charge in [0.1, 0.15) is 0 Å². The number of hydrogen-bond acceptors (Lipinski definition) is 2. The van der Waals surface area contributed by atoms with Crippen molar-refractivity contribution in [2.24, 2.45) is 5.92 Å². The van der Waals surface area contributed by atoms with E-state index in [2.05, 4.69) is 12.2 Å². The van der Waals surface area contributed by atoms with Crippen LogP contribution in [0.2, 0.25) is 0 Å². The van der Waals surface area contributed by atoms with Gasteiger partial charge in [-0.1, -0.05) is 25.8 Å². The number of phenolic OH excluding ortho intramolecular Hbond substituents is 1. The van der Waals surface area contributed by atoms with Crippen LogP contribution >= 0.6 is 0 Å². The van der Waals surface area contributed by atoms with Gasteiger partial charge in [-0.2, -0.15) is 0 Å². The van der Waals surface area contributed by atoms with E-state index in [0.717, 1.165) is 17.9 Å². The van der Waals surface area contributed by atoms with Crippen molar-refractivity contribution in [3.8, 4) is 5.75 Å². The van der Waals surface area contributed by atoms with Crippen molar-refractivity contribution in [2.75, 3.05) is 0 Å². The summed E-state index contributed by atoms with van der Waals surface area (Å²) in [6.07, 6.45) is 5.08. The minimum Gasteiger partial charge on any atom is -0.505 e. The molecule has 1 unspecified atom stereocenters.